The topological polar surface area (TPSA) is 57.6 Å². The smallest absolute Gasteiger partial charge is 0.335 e. The van der Waals surface area contributed by atoms with Crippen LogP contribution in [0, 0.1) is 11.6 Å². The highest BCUT2D eigenvalue weighted by molar-refractivity contribution is 9.08. The van der Waals surface area contributed by atoms with Crippen molar-refractivity contribution in [2.45, 2.75) is 17.6 Å². The third kappa shape index (κ3) is 5.49. The number of benzene rings is 2. The van der Waals surface area contributed by atoms with Crippen LogP contribution < -0.4 is 0 Å². The van der Waals surface area contributed by atoms with Crippen LogP contribution in [-0.4, -0.2) is 35.0 Å². The Hall–Kier alpha value is -1.99. The van der Waals surface area contributed by atoms with Crippen LogP contribution in [-0.2, 0) is 11.2 Å². The second-order valence-corrected chi connectivity index (χ2v) is 6.66. The first-order chi connectivity index (χ1) is 12.9. The first-order valence-corrected chi connectivity index (χ1v) is 9.74. The monoisotopic (exact) mass is 459 g/mol. The fourth-order valence-electron chi connectivity index (χ4n) is 2.28. The lowest BCUT2D eigenvalue weighted by molar-refractivity contribution is 0.0649. The Kier molecular flexibility index (Phi) is 7.74. The minimum atomic E-state index is -1.12. The van der Waals surface area contributed by atoms with Gasteiger partial charge in [-0.1, -0.05) is 28.1 Å². The molecule has 27 heavy (non-hydrogen) atoms. The number of halogens is 4. The molecule has 1 heterocycles. The van der Waals surface area contributed by atoms with Crippen LogP contribution in [0.4, 0.5) is 8.78 Å². The molecule has 1 amide bonds. The number of amides is 1. The minimum absolute atomic E-state index is 0.0304. The molecule has 0 aromatic heterocycles. The van der Waals surface area contributed by atoms with E-state index in [0.717, 1.165) is 25.6 Å². The summed E-state index contributed by atoms with van der Waals surface area (Å²) < 4.78 is 26.3. The van der Waals surface area contributed by atoms with Crippen LogP contribution in [0.1, 0.15) is 38.3 Å². The van der Waals surface area contributed by atoms with Gasteiger partial charge in [-0.2, -0.15) is 0 Å². The summed E-state index contributed by atoms with van der Waals surface area (Å²) in [4.78, 5) is 23.8. The van der Waals surface area contributed by atoms with E-state index in [2.05, 4.69) is 15.9 Å². The molecule has 0 bridgehead atoms. The molecule has 1 aliphatic rings. The minimum Gasteiger partial charge on any atom is -0.478 e. The normalized spacial score (nSPS) is 12.7. The molecule has 0 unspecified atom stereocenters. The third-order valence-corrected chi connectivity index (χ3v) is 4.92. The molecular formula is C19H17BrClF2NO3. The Labute approximate surface area is 168 Å². The van der Waals surface area contributed by atoms with E-state index in [9.17, 15) is 18.4 Å². The summed E-state index contributed by atoms with van der Waals surface area (Å²) >= 11 is 8.61. The van der Waals surface area contributed by atoms with Crippen LogP contribution >= 0.6 is 27.5 Å². The maximum absolute atomic E-state index is 13.3. The van der Waals surface area contributed by atoms with Crippen molar-refractivity contribution in [2.75, 3.05) is 13.1 Å². The van der Waals surface area contributed by atoms with Crippen LogP contribution in [0.25, 0.3) is 0 Å². The molecule has 0 spiro atoms. The Morgan fingerprint density at radius 1 is 1.04 bits per heavy atom. The van der Waals surface area contributed by atoms with Crippen LogP contribution in [0.15, 0.2) is 36.4 Å². The highest BCUT2D eigenvalue weighted by Crippen LogP contribution is 2.17. The fraction of sp³-hybridized carbons (Fsp3) is 0.263. The summed E-state index contributed by atoms with van der Waals surface area (Å²) in [5.74, 6) is -1.98. The Morgan fingerprint density at radius 2 is 1.59 bits per heavy atom. The number of aromatic carboxylic acids is 1. The van der Waals surface area contributed by atoms with E-state index in [1.807, 2.05) is 0 Å². The van der Waals surface area contributed by atoms with Gasteiger partial charge in [0.05, 0.1) is 11.4 Å². The average Bonchev–Trinajstić information content (AvgIpc) is 2.60. The predicted molar refractivity (Wildman–Crippen MR) is 102 cm³/mol. The number of rotatable bonds is 4. The first-order valence-electron chi connectivity index (χ1n) is 8.08. The number of hydrogen-bond donors (Lipinski definition) is 1. The van der Waals surface area contributed by atoms with Crippen molar-refractivity contribution in [3.05, 3.63) is 70.3 Å². The van der Waals surface area contributed by atoms with Crippen molar-refractivity contribution in [1.82, 2.24) is 4.90 Å². The van der Waals surface area contributed by atoms with Gasteiger partial charge in [0.2, 0.25) is 0 Å². The molecule has 1 saturated heterocycles. The lowest BCUT2D eigenvalue weighted by atomic mass is 10.1. The molecule has 3 rings (SSSR count). The maximum atomic E-state index is 13.3. The van der Waals surface area contributed by atoms with Crippen molar-refractivity contribution < 1.29 is 23.5 Å². The summed E-state index contributed by atoms with van der Waals surface area (Å²) in [5.41, 5.74) is 1.26. The summed E-state index contributed by atoms with van der Waals surface area (Å²) in [7, 11) is 0. The molecule has 144 valence electrons. The average molecular weight is 461 g/mol. The zero-order valence-corrected chi connectivity index (χ0v) is 16.6. The molecule has 2 aromatic carbocycles. The van der Waals surface area contributed by atoms with Crippen LogP contribution in [0.2, 0.25) is 0 Å². The van der Waals surface area contributed by atoms with Crippen molar-refractivity contribution in [1.29, 1.82) is 0 Å². The molecule has 8 heteroatoms. The zero-order chi connectivity index (χ0) is 20.0. The van der Waals surface area contributed by atoms with Crippen molar-refractivity contribution >= 4 is 39.4 Å². The Balaban J connectivity index is 0.000000199. The van der Waals surface area contributed by atoms with Gasteiger partial charge in [0, 0.05) is 29.5 Å². The van der Waals surface area contributed by atoms with E-state index in [-0.39, 0.29) is 17.4 Å². The third-order valence-electron chi connectivity index (χ3n) is 4.03. The number of carboxylic acid groups (broad SMARTS) is 1. The number of carbonyl (C=O) groups is 2. The SMILES string of the molecule is O=C(O)c1ccc(CBr)c(F)c1.O=C(c1ccc(CCl)c(F)c1)N1CCC1. The van der Waals surface area contributed by atoms with Gasteiger partial charge >= 0.3 is 5.97 Å². The highest BCUT2D eigenvalue weighted by Gasteiger charge is 2.22. The van der Waals surface area contributed by atoms with Gasteiger partial charge in [0.25, 0.3) is 5.91 Å². The summed E-state index contributed by atoms with van der Waals surface area (Å²) in [6, 6.07) is 8.30. The van der Waals surface area contributed by atoms with Crippen LogP contribution in [0.3, 0.4) is 0 Å². The second-order valence-electron chi connectivity index (χ2n) is 5.83. The quantitative estimate of drug-likeness (QED) is 0.665. The van der Waals surface area contributed by atoms with Crippen molar-refractivity contribution in [3.8, 4) is 0 Å². The van der Waals surface area contributed by atoms with E-state index in [0.29, 0.717) is 22.0 Å². The number of nitrogens with zero attached hydrogens (tertiary/aromatic N) is 1. The standard InChI is InChI=1S/C11H11ClFNO.C8H6BrFO2/c12-7-9-3-2-8(6-10(9)13)11(15)14-4-1-5-14;9-4-6-2-1-5(8(11)12)3-7(6)10/h2-3,6H,1,4-5,7H2;1-3H,4H2,(H,11,12). The predicted octanol–water partition coefficient (Wildman–Crippen LogP) is 4.83. The van der Waals surface area contributed by atoms with Crippen molar-refractivity contribution in [2.24, 2.45) is 0 Å². The second kappa shape index (κ2) is 9.80. The van der Waals surface area contributed by atoms with Gasteiger partial charge < -0.3 is 10.0 Å². The summed E-state index contributed by atoms with van der Waals surface area (Å²) in [5, 5.41) is 8.88. The van der Waals surface area contributed by atoms with Gasteiger partial charge in [-0.05, 0) is 36.2 Å². The first kappa shape index (κ1) is 21.3. The van der Waals surface area contributed by atoms with E-state index < -0.39 is 17.6 Å². The largest absolute Gasteiger partial charge is 0.478 e. The fourth-order valence-corrected chi connectivity index (χ4v) is 2.95. The zero-order valence-electron chi connectivity index (χ0n) is 14.2. The molecule has 1 fully saturated rings. The molecular weight excluding hydrogens is 444 g/mol. The molecule has 0 aliphatic carbocycles. The number of alkyl halides is 2. The van der Waals surface area contributed by atoms with Gasteiger partial charge in [0.15, 0.2) is 0 Å². The van der Waals surface area contributed by atoms with E-state index in [1.165, 1.54) is 18.2 Å². The molecule has 4 nitrogen and oxygen atoms in total. The Bertz CT molecular complexity index is 844. The van der Waals surface area contributed by atoms with Gasteiger partial charge in [-0.15, -0.1) is 11.6 Å². The number of carbonyl (C=O) groups excluding carboxylic acids is 1. The van der Waals surface area contributed by atoms with E-state index in [1.54, 1.807) is 17.0 Å². The Morgan fingerprint density at radius 3 is 2.04 bits per heavy atom. The van der Waals surface area contributed by atoms with Crippen LogP contribution in [0.5, 0.6) is 0 Å². The number of likely N-dealkylation sites (tertiary alicyclic amines) is 1. The van der Waals surface area contributed by atoms with Gasteiger partial charge in [-0.25, -0.2) is 13.6 Å². The molecule has 0 radical (unpaired) electrons. The molecule has 1 N–H and O–H groups in total. The molecule has 2 aromatic rings. The molecule has 0 atom stereocenters. The lowest BCUT2D eigenvalue weighted by Crippen LogP contribution is -2.42. The molecule has 1 aliphatic heterocycles. The maximum Gasteiger partial charge on any atom is 0.335 e. The highest BCUT2D eigenvalue weighted by atomic mass is 79.9. The van der Waals surface area contributed by atoms with E-state index in [4.69, 9.17) is 16.7 Å². The summed E-state index contributed by atoms with van der Waals surface area (Å²) in [6.07, 6.45) is 1.04. The van der Waals surface area contributed by atoms with Gasteiger partial charge in [-0.3, -0.25) is 4.79 Å². The lowest BCUT2D eigenvalue weighted by Gasteiger charge is -2.30. The van der Waals surface area contributed by atoms with Gasteiger partial charge in [0.1, 0.15) is 11.6 Å². The van der Waals surface area contributed by atoms with E-state index >= 15 is 0 Å². The number of carboxylic acids is 1. The summed E-state index contributed by atoms with van der Waals surface area (Å²) in [6.45, 7) is 1.55. The van der Waals surface area contributed by atoms with Crippen molar-refractivity contribution in [3.63, 3.8) is 0 Å². The molecule has 0 saturated carbocycles. The number of hydrogen-bond acceptors (Lipinski definition) is 2.